The Hall–Kier alpha value is -3.55. The molecule has 1 saturated heterocycles. The zero-order valence-electron chi connectivity index (χ0n) is 26.4. The summed E-state index contributed by atoms with van der Waals surface area (Å²) in [5.74, 6) is 3.50. The van der Waals surface area contributed by atoms with Crippen LogP contribution < -0.4 is 21.1 Å². The van der Waals surface area contributed by atoms with E-state index in [0.717, 1.165) is 42.9 Å². The van der Waals surface area contributed by atoms with Gasteiger partial charge >= 0.3 is 0 Å². The Kier molecular flexibility index (Phi) is 9.62. The molecule has 5 rings (SSSR count). The van der Waals surface area contributed by atoms with Gasteiger partial charge in [-0.05, 0) is 95.6 Å². The average molecular weight is 590 g/mol. The van der Waals surface area contributed by atoms with Crippen LogP contribution >= 0.6 is 0 Å². The van der Waals surface area contributed by atoms with E-state index in [4.69, 9.17) is 20.2 Å². The van der Waals surface area contributed by atoms with Crippen molar-refractivity contribution in [1.29, 1.82) is 0 Å². The van der Waals surface area contributed by atoms with Crippen LogP contribution in [0.5, 0.6) is 11.5 Å². The van der Waals surface area contributed by atoms with Gasteiger partial charge in [-0.3, -0.25) is 0 Å². The fourth-order valence-corrected chi connectivity index (χ4v) is 6.30. The number of nitrogen functional groups attached to an aromatic ring is 1. The summed E-state index contributed by atoms with van der Waals surface area (Å²) in [6.07, 6.45) is 10.6. The van der Waals surface area contributed by atoms with E-state index in [9.17, 15) is 5.11 Å². The number of aromatic hydroxyl groups is 1. The summed E-state index contributed by atoms with van der Waals surface area (Å²) in [5, 5.41) is 18.1. The minimum absolute atomic E-state index is 0.138. The molecule has 3 fully saturated rings. The molecule has 0 bridgehead atoms. The Morgan fingerprint density at radius 2 is 1.86 bits per heavy atom. The lowest BCUT2D eigenvalue weighted by atomic mass is 9.86. The molecule has 43 heavy (non-hydrogen) atoms. The molecule has 2 aromatic rings. The molecule has 0 spiro atoms. The molecule has 0 radical (unpaired) electrons. The van der Waals surface area contributed by atoms with Crippen LogP contribution in [0.2, 0.25) is 0 Å². The van der Waals surface area contributed by atoms with Crippen molar-refractivity contribution in [2.45, 2.75) is 103 Å². The van der Waals surface area contributed by atoms with E-state index in [-0.39, 0.29) is 17.3 Å². The topological polar surface area (TPSA) is 105 Å². The van der Waals surface area contributed by atoms with Crippen LogP contribution in [0.1, 0.15) is 95.6 Å². The Bertz CT molecular complexity index is 1290. The number of nitrogens with zero attached hydrogens (tertiary/aromatic N) is 2. The third-order valence-electron chi connectivity index (χ3n) is 8.72. The number of nitrogens with two attached hydrogens (primary N) is 1. The second-order valence-electron chi connectivity index (χ2n) is 13.6. The van der Waals surface area contributed by atoms with E-state index >= 15 is 0 Å². The lowest BCUT2D eigenvalue weighted by Gasteiger charge is -2.38. The number of pyridine rings is 1. The Balaban J connectivity index is 1.44. The molecule has 3 aliphatic rings. The average Bonchev–Trinajstić information content (AvgIpc) is 3.79. The molecule has 8 heteroatoms. The quantitative estimate of drug-likeness (QED) is 0.201. The molecule has 8 nitrogen and oxygen atoms in total. The molecule has 1 aromatic heterocycles. The van der Waals surface area contributed by atoms with E-state index in [0.29, 0.717) is 53.8 Å². The van der Waals surface area contributed by atoms with Crippen LogP contribution in [-0.4, -0.2) is 46.3 Å². The van der Waals surface area contributed by atoms with E-state index < -0.39 is 0 Å². The van der Waals surface area contributed by atoms with Crippen LogP contribution in [-0.2, 0) is 11.3 Å². The second-order valence-corrected chi connectivity index (χ2v) is 13.6. The number of hydrogen-bond acceptors (Lipinski definition) is 8. The fourth-order valence-electron chi connectivity index (χ4n) is 6.30. The standard InChI is InChI=1S/C35H51N5O3/c1-23(38-27-12-7-6-8-13-27)37-20-29-28(26-11-10-18-40(21-26)24(2)43-35(3,4)5)19-30(39-34(29)36)33-31(41)14-9-15-32(33)42-22-25-16-17-25/h9,14-15,19,25-27,37-38,41H,1-2,6-8,10-13,16-18,20-22H2,3-5H3,(H2,36,39). The lowest BCUT2D eigenvalue weighted by Crippen LogP contribution is -2.37. The summed E-state index contributed by atoms with van der Waals surface area (Å²) < 4.78 is 12.3. The van der Waals surface area contributed by atoms with Gasteiger partial charge in [0.15, 0.2) is 5.88 Å². The molecular formula is C35H51N5O3. The predicted molar refractivity (Wildman–Crippen MR) is 173 cm³/mol. The molecule has 0 amide bonds. The van der Waals surface area contributed by atoms with Crippen LogP contribution in [0.4, 0.5) is 5.82 Å². The van der Waals surface area contributed by atoms with Gasteiger partial charge in [0.25, 0.3) is 0 Å². The molecule has 1 atom stereocenters. The van der Waals surface area contributed by atoms with Gasteiger partial charge in [0.1, 0.15) is 22.9 Å². The van der Waals surface area contributed by atoms with Crippen molar-refractivity contribution in [2.24, 2.45) is 5.92 Å². The zero-order chi connectivity index (χ0) is 30.6. The SMILES string of the molecule is C=C(NCc1c(C2CCCN(C(=C)OC(C)(C)C)C2)cc(-c2c(O)cccc2OCC2CC2)nc1N)NC1CCCCC1. The normalized spacial score (nSPS) is 19.5. The molecule has 1 aromatic carbocycles. The monoisotopic (exact) mass is 589 g/mol. The number of phenolic OH excluding ortho intramolecular Hbond substituents is 1. The van der Waals surface area contributed by atoms with Crippen LogP contribution in [0, 0.1) is 5.92 Å². The molecule has 2 heterocycles. The van der Waals surface area contributed by atoms with Gasteiger partial charge < -0.3 is 35.8 Å². The summed E-state index contributed by atoms with van der Waals surface area (Å²) in [4.78, 5) is 7.09. The van der Waals surface area contributed by atoms with Crippen LogP contribution in [0.25, 0.3) is 11.3 Å². The third kappa shape index (κ3) is 8.30. The molecule has 2 saturated carbocycles. The molecule has 234 valence electrons. The Morgan fingerprint density at radius 3 is 2.58 bits per heavy atom. The Labute approximate surface area is 257 Å². The first-order valence-electron chi connectivity index (χ1n) is 16.1. The summed E-state index contributed by atoms with van der Waals surface area (Å²) in [6, 6.07) is 7.96. The van der Waals surface area contributed by atoms with Crippen molar-refractivity contribution in [2.75, 3.05) is 25.4 Å². The number of piperidine rings is 1. The number of phenols is 1. The molecular weight excluding hydrogens is 538 g/mol. The van der Waals surface area contributed by atoms with Crippen molar-refractivity contribution in [3.05, 3.63) is 60.3 Å². The summed E-state index contributed by atoms with van der Waals surface area (Å²) in [7, 11) is 0. The number of nitrogens with one attached hydrogen (secondary N) is 2. The summed E-state index contributed by atoms with van der Waals surface area (Å²) in [6.45, 7) is 17.5. The number of anilines is 1. The van der Waals surface area contributed by atoms with Gasteiger partial charge in [0.05, 0.1) is 23.7 Å². The maximum Gasteiger partial charge on any atom is 0.182 e. The van der Waals surface area contributed by atoms with E-state index in [1.165, 1.54) is 44.9 Å². The molecule has 1 aliphatic heterocycles. The minimum Gasteiger partial charge on any atom is -0.507 e. The maximum atomic E-state index is 11.0. The molecule has 1 unspecified atom stereocenters. The first-order valence-corrected chi connectivity index (χ1v) is 16.1. The number of ether oxygens (including phenoxy) is 2. The van der Waals surface area contributed by atoms with Crippen molar-refractivity contribution < 1.29 is 14.6 Å². The van der Waals surface area contributed by atoms with Crippen molar-refractivity contribution in [3.63, 3.8) is 0 Å². The van der Waals surface area contributed by atoms with Gasteiger partial charge in [-0.15, -0.1) is 0 Å². The lowest BCUT2D eigenvalue weighted by molar-refractivity contribution is -0.00378. The summed E-state index contributed by atoms with van der Waals surface area (Å²) >= 11 is 0. The smallest absolute Gasteiger partial charge is 0.182 e. The van der Waals surface area contributed by atoms with Crippen molar-refractivity contribution in [1.82, 2.24) is 20.5 Å². The van der Waals surface area contributed by atoms with E-state index in [1.807, 2.05) is 32.9 Å². The highest BCUT2D eigenvalue weighted by molar-refractivity contribution is 5.76. The predicted octanol–water partition coefficient (Wildman–Crippen LogP) is 6.77. The number of rotatable bonds is 12. The highest BCUT2D eigenvalue weighted by Gasteiger charge is 2.29. The highest BCUT2D eigenvalue weighted by Crippen LogP contribution is 2.42. The minimum atomic E-state index is -0.319. The van der Waals surface area contributed by atoms with E-state index in [1.54, 1.807) is 6.07 Å². The van der Waals surface area contributed by atoms with Crippen molar-refractivity contribution >= 4 is 5.82 Å². The van der Waals surface area contributed by atoms with Crippen LogP contribution in [0.3, 0.4) is 0 Å². The maximum absolute atomic E-state index is 11.0. The summed E-state index contributed by atoms with van der Waals surface area (Å²) in [5.41, 5.74) is 9.74. The molecule has 5 N–H and O–H groups in total. The number of hydrogen-bond donors (Lipinski definition) is 4. The number of aromatic nitrogens is 1. The van der Waals surface area contributed by atoms with Gasteiger partial charge in [0.2, 0.25) is 0 Å². The zero-order valence-corrected chi connectivity index (χ0v) is 26.4. The van der Waals surface area contributed by atoms with Crippen molar-refractivity contribution in [3.8, 4) is 22.8 Å². The first-order chi connectivity index (χ1) is 20.6. The third-order valence-corrected chi connectivity index (χ3v) is 8.72. The molecule has 2 aliphatic carbocycles. The van der Waals surface area contributed by atoms with Gasteiger partial charge in [0, 0.05) is 37.2 Å². The van der Waals surface area contributed by atoms with E-state index in [2.05, 4.69) is 34.8 Å². The Morgan fingerprint density at radius 1 is 1.09 bits per heavy atom. The largest absolute Gasteiger partial charge is 0.507 e. The highest BCUT2D eigenvalue weighted by atomic mass is 16.5. The fraction of sp³-hybridized carbons (Fsp3) is 0.571. The first kappa shape index (κ1) is 30.9. The van der Waals surface area contributed by atoms with Gasteiger partial charge in [-0.25, -0.2) is 4.98 Å². The number of benzene rings is 1. The van der Waals surface area contributed by atoms with Gasteiger partial charge in [-0.2, -0.15) is 0 Å². The van der Waals surface area contributed by atoms with Crippen LogP contribution in [0.15, 0.2) is 49.1 Å². The number of likely N-dealkylation sites (tertiary alicyclic amines) is 1. The van der Waals surface area contributed by atoms with Gasteiger partial charge in [-0.1, -0.05) is 31.9 Å². The second kappa shape index (κ2) is 13.4.